The van der Waals surface area contributed by atoms with Crippen LogP contribution >= 0.6 is 0 Å². The number of nitrogens with zero attached hydrogens (tertiary/aromatic N) is 1. The normalized spacial score (nSPS) is 21.8. The molecular formula is C19H30N2O2. The summed E-state index contributed by atoms with van der Waals surface area (Å²) in [5.41, 5.74) is 3.94. The van der Waals surface area contributed by atoms with Crippen LogP contribution in [-0.4, -0.2) is 38.8 Å². The number of piperidine rings is 1. The number of benzene rings is 1. The second-order valence-corrected chi connectivity index (χ2v) is 6.67. The number of fused-ring (bicyclic) bond motifs is 1. The molecule has 23 heavy (non-hydrogen) atoms. The summed E-state index contributed by atoms with van der Waals surface area (Å²) in [6.07, 6.45) is 6.07. The summed E-state index contributed by atoms with van der Waals surface area (Å²) in [4.78, 5) is 2.55. The first-order chi connectivity index (χ1) is 11.3. The van der Waals surface area contributed by atoms with Gasteiger partial charge in [0.05, 0.1) is 14.2 Å². The number of nitrogens with one attached hydrogen (secondary N) is 1. The second-order valence-electron chi connectivity index (χ2n) is 6.67. The summed E-state index contributed by atoms with van der Waals surface area (Å²) >= 11 is 0. The van der Waals surface area contributed by atoms with Crippen LogP contribution in [-0.2, 0) is 13.0 Å². The monoisotopic (exact) mass is 318 g/mol. The molecule has 2 aliphatic rings. The molecule has 1 N–H and O–H groups in total. The Morgan fingerprint density at radius 1 is 1.17 bits per heavy atom. The number of hydrogen-bond acceptors (Lipinski definition) is 4. The van der Waals surface area contributed by atoms with Gasteiger partial charge in [-0.25, -0.2) is 0 Å². The first-order valence-corrected chi connectivity index (χ1v) is 9.00. The molecular weight excluding hydrogens is 288 g/mol. The number of likely N-dealkylation sites (tertiary alicyclic amines) is 1. The zero-order valence-electron chi connectivity index (χ0n) is 14.8. The van der Waals surface area contributed by atoms with Gasteiger partial charge in [-0.1, -0.05) is 13.3 Å². The summed E-state index contributed by atoms with van der Waals surface area (Å²) < 4.78 is 11.6. The maximum atomic E-state index is 5.87. The van der Waals surface area contributed by atoms with Gasteiger partial charge in [0.15, 0.2) is 0 Å². The van der Waals surface area contributed by atoms with Crippen LogP contribution in [0.2, 0.25) is 0 Å². The molecule has 1 unspecified atom stereocenters. The number of ether oxygens (including phenoxy) is 2. The molecule has 1 fully saturated rings. The Hall–Kier alpha value is -1.26. The van der Waals surface area contributed by atoms with Crippen LogP contribution in [0.3, 0.4) is 0 Å². The Kier molecular flexibility index (Phi) is 5.44. The molecule has 2 heterocycles. The van der Waals surface area contributed by atoms with E-state index in [0.717, 1.165) is 37.4 Å². The Morgan fingerprint density at radius 3 is 2.61 bits per heavy atom. The van der Waals surface area contributed by atoms with E-state index in [9.17, 15) is 0 Å². The van der Waals surface area contributed by atoms with E-state index in [0.29, 0.717) is 6.04 Å². The molecule has 1 aromatic carbocycles. The highest BCUT2D eigenvalue weighted by atomic mass is 16.5. The van der Waals surface area contributed by atoms with E-state index in [4.69, 9.17) is 9.47 Å². The van der Waals surface area contributed by atoms with Gasteiger partial charge in [0.1, 0.15) is 11.5 Å². The summed E-state index contributed by atoms with van der Waals surface area (Å²) in [5, 5.41) is 3.61. The van der Waals surface area contributed by atoms with Crippen molar-refractivity contribution >= 4 is 0 Å². The third-order valence-electron chi connectivity index (χ3n) is 5.25. The lowest BCUT2D eigenvalue weighted by Crippen LogP contribution is -2.32. The Balaban J connectivity index is 1.99. The van der Waals surface area contributed by atoms with E-state index < -0.39 is 0 Å². The molecule has 0 aliphatic carbocycles. The van der Waals surface area contributed by atoms with Crippen LogP contribution in [0.5, 0.6) is 11.5 Å². The van der Waals surface area contributed by atoms with Gasteiger partial charge >= 0.3 is 0 Å². The predicted molar refractivity (Wildman–Crippen MR) is 93.4 cm³/mol. The van der Waals surface area contributed by atoms with E-state index in [1.165, 1.54) is 49.0 Å². The molecule has 1 atom stereocenters. The van der Waals surface area contributed by atoms with Crippen molar-refractivity contribution in [2.24, 2.45) is 0 Å². The van der Waals surface area contributed by atoms with Gasteiger partial charge in [0.25, 0.3) is 0 Å². The van der Waals surface area contributed by atoms with Crippen molar-refractivity contribution in [2.45, 2.75) is 51.6 Å². The summed E-state index contributed by atoms with van der Waals surface area (Å²) in [6.45, 7) is 6.60. The predicted octanol–water partition coefficient (Wildman–Crippen LogP) is 3.29. The SMILES string of the molecule is CCC1NCCc2c(OC)c(CN3CCCCC3)cc(OC)c21. The highest BCUT2D eigenvalue weighted by Gasteiger charge is 2.28. The molecule has 2 aliphatic heterocycles. The molecule has 1 saturated heterocycles. The van der Waals surface area contributed by atoms with E-state index in [-0.39, 0.29) is 0 Å². The largest absolute Gasteiger partial charge is 0.496 e. The van der Waals surface area contributed by atoms with Crippen molar-refractivity contribution in [2.75, 3.05) is 33.9 Å². The van der Waals surface area contributed by atoms with E-state index in [1.54, 1.807) is 7.11 Å². The van der Waals surface area contributed by atoms with Gasteiger partial charge in [-0.2, -0.15) is 0 Å². The van der Waals surface area contributed by atoms with Gasteiger partial charge < -0.3 is 14.8 Å². The number of rotatable bonds is 5. The molecule has 0 amide bonds. The molecule has 128 valence electrons. The van der Waals surface area contributed by atoms with Gasteiger partial charge in [-0.05, 0) is 51.4 Å². The van der Waals surface area contributed by atoms with Crippen LogP contribution in [0.25, 0.3) is 0 Å². The van der Waals surface area contributed by atoms with Crippen molar-refractivity contribution < 1.29 is 9.47 Å². The molecule has 0 aromatic heterocycles. The molecule has 0 saturated carbocycles. The van der Waals surface area contributed by atoms with Crippen molar-refractivity contribution in [3.8, 4) is 11.5 Å². The van der Waals surface area contributed by atoms with Crippen LogP contribution in [0.15, 0.2) is 6.07 Å². The van der Waals surface area contributed by atoms with Gasteiger partial charge in [-0.15, -0.1) is 0 Å². The minimum absolute atomic E-state index is 0.367. The highest BCUT2D eigenvalue weighted by molar-refractivity contribution is 5.56. The first kappa shape index (κ1) is 16.6. The van der Waals surface area contributed by atoms with Gasteiger partial charge in [-0.3, -0.25) is 4.90 Å². The van der Waals surface area contributed by atoms with Crippen molar-refractivity contribution in [3.63, 3.8) is 0 Å². The fourth-order valence-corrected chi connectivity index (χ4v) is 4.12. The Bertz CT molecular complexity index is 539. The van der Waals surface area contributed by atoms with Crippen molar-refractivity contribution in [3.05, 3.63) is 22.8 Å². The molecule has 0 spiro atoms. The summed E-state index contributed by atoms with van der Waals surface area (Å²) in [5.74, 6) is 2.11. The molecule has 3 rings (SSSR count). The zero-order chi connectivity index (χ0) is 16.2. The fraction of sp³-hybridized carbons (Fsp3) is 0.684. The quantitative estimate of drug-likeness (QED) is 0.903. The van der Waals surface area contributed by atoms with Crippen LogP contribution in [0, 0.1) is 0 Å². The van der Waals surface area contributed by atoms with E-state index in [1.807, 2.05) is 7.11 Å². The average molecular weight is 318 g/mol. The van der Waals surface area contributed by atoms with Crippen molar-refractivity contribution in [1.29, 1.82) is 0 Å². The van der Waals surface area contributed by atoms with Crippen LogP contribution < -0.4 is 14.8 Å². The number of hydrogen-bond donors (Lipinski definition) is 1. The summed E-state index contributed by atoms with van der Waals surface area (Å²) in [7, 11) is 3.60. The van der Waals surface area contributed by atoms with Crippen molar-refractivity contribution in [1.82, 2.24) is 10.2 Å². The third kappa shape index (κ3) is 3.33. The summed E-state index contributed by atoms with van der Waals surface area (Å²) in [6, 6.07) is 2.58. The lowest BCUT2D eigenvalue weighted by Gasteiger charge is -2.32. The fourth-order valence-electron chi connectivity index (χ4n) is 4.12. The maximum Gasteiger partial charge on any atom is 0.127 e. The van der Waals surface area contributed by atoms with E-state index in [2.05, 4.69) is 23.2 Å². The van der Waals surface area contributed by atoms with Gasteiger partial charge in [0, 0.05) is 29.3 Å². The highest BCUT2D eigenvalue weighted by Crippen LogP contribution is 2.41. The second kappa shape index (κ2) is 7.54. The first-order valence-electron chi connectivity index (χ1n) is 9.00. The molecule has 0 radical (unpaired) electrons. The topological polar surface area (TPSA) is 33.7 Å². The lowest BCUT2D eigenvalue weighted by atomic mass is 9.89. The number of methoxy groups -OCH3 is 2. The lowest BCUT2D eigenvalue weighted by molar-refractivity contribution is 0.217. The van der Waals surface area contributed by atoms with Crippen LogP contribution in [0.1, 0.15) is 55.3 Å². The standard InChI is InChI=1S/C19H30N2O2/c1-4-16-18-15(8-9-20-16)19(23-3)14(12-17(18)22-2)13-21-10-6-5-7-11-21/h12,16,20H,4-11,13H2,1-3H3. The molecule has 4 nitrogen and oxygen atoms in total. The Labute approximate surface area is 140 Å². The zero-order valence-corrected chi connectivity index (χ0v) is 14.8. The third-order valence-corrected chi connectivity index (χ3v) is 5.25. The Morgan fingerprint density at radius 2 is 1.96 bits per heavy atom. The minimum atomic E-state index is 0.367. The average Bonchev–Trinajstić information content (AvgIpc) is 2.61. The molecule has 1 aromatic rings. The van der Waals surface area contributed by atoms with E-state index >= 15 is 0 Å². The van der Waals surface area contributed by atoms with Gasteiger partial charge in [0.2, 0.25) is 0 Å². The molecule has 0 bridgehead atoms. The minimum Gasteiger partial charge on any atom is -0.496 e. The van der Waals surface area contributed by atoms with Crippen LogP contribution in [0.4, 0.5) is 0 Å². The smallest absolute Gasteiger partial charge is 0.127 e. The molecule has 4 heteroatoms. The maximum absolute atomic E-state index is 5.87.